The Hall–Kier alpha value is -6.77. The van der Waals surface area contributed by atoms with E-state index in [9.17, 15) is 43.5 Å². The smallest absolute Gasteiger partial charge is 0.339 e. The third kappa shape index (κ3) is 26.5. The highest BCUT2D eigenvalue weighted by molar-refractivity contribution is 6.97. The molecule has 4 aliphatic rings. The van der Waals surface area contributed by atoms with E-state index >= 15 is 0 Å². The van der Waals surface area contributed by atoms with Crippen molar-refractivity contribution < 1.29 is 86.1 Å². The maximum Gasteiger partial charge on any atom is 0.339 e. The van der Waals surface area contributed by atoms with Gasteiger partial charge in [0.1, 0.15) is 24.7 Å². The molecular weight excluding hydrogens is 1410 g/mol. The lowest BCUT2D eigenvalue weighted by molar-refractivity contribution is -0.162. The molecule has 101 heavy (non-hydrogen) atoms. The van der Waals surface area contributed by atoms with Gasteiger partial charge >= 0.3 is 28.4 Å². The maximum absolute atomic E-state index is 13.4. The van der Waals surface area contributed by atoms with Gasteiger partial charge in [0.15, 0.2) is 0 Å². The second-order valence-electron chi connectivity index (χ2n) is 23.9. The second-order valence-corrected chi connectivity index (χ2v) is 25.8. The summed E-state index contributed by atoms with van der Waals surface area (Å²) in [5, 5.41) is 8.87. The van der Waals surface area contributed by atoms with Gasteiger partial charge in [0, 0.05) is 51.7 Å². The summed E-state index contributed by atoms with van der Waals surface area (Å²) < 4.78 is 51.2. The molecule has 0 amide bonds. The van der Waals surface area contributed by atoms with Crippen LogP contribution in [0.5, 0.6) is 11.5 Å². The molecule has 3 radical (unpaired) electrons. The highest BCUT2D eigenvalue weighted by Crippen LogP contribution is 2.44. The van der Waals surface area contributed by atoms with Gasteiger partial charge in [-0.3, -0.25) is 42.7 Å². The quantitative estimate of drug-likeness (QED) is 0.00783. The van der Waals surface area contributed by atoms with Crippen LogP contribution in [0, 0.1) is 49.4 Å². The number of methoxy groups -OCH3 is 2. The van der Waals surface area contributed by atoms with Crippen LogP contribution in [0.2, 0.25) is 10.0 Å². The van der Waals surface area contributed by atoms with Crippen molar-refractivity contribution in [2.45, 2.75) is 73.1 Å². The fourth-order valence-corrected chi connectivity index (χ4v) is 12.7. The average Bonchev–Trinajstić information content (AvgIpc) is 1.62. The number of ether oxygens (including phenoxy) is 9. The number of carboxylic acid groups (broad SMARTS) is 1. The number of carbonyl (C=O) groups is 8. The SMILES string of the molecule is CCN(CC)CC.COc1ccc2c(c1)c(CC(=O)O)c(C)n2C(=O)c1ccc(Cl)cc1.COc1ccc2c(c1)c(CC(=O)OC(=O)COCCOCCOCC1CC3C=CC1C3)c(C)n2C(=O)c1ccc(Cl)cc1.O=C(Cl)C(=O)Cl.O=C(Cl)COCCOCCOCC1CC2C=CC1C2.[B]. The number of carboxylic acids is 1. The van der Waals surface area contributed by atoms with Gasteiger partial charge in [0.2, 0.25) is 5.24 Å². The largest absolute Gasteiger partial charge is 0.497 e. The Morgan fingerprint density at radius 2 is 0.881 bits per heavy atom. The van der Waals surface area contributed by atoms with Crippen LogP contribution in [0.4, 0.5) is 0 Å². The monoisotopic (exact) mass is 1490 g/mol. The molecule has 6 atom stereocenters. The van der Waals surface area contributed by atoms with Crippen molar-refractivity contribution >= 4 is 134 Å². The van der Waals surface area contributed by atoms with E-state index in [1.54, 1.807) is 106 Å². The van der Waals surface area contributed by atoms with E-state index in [2.05, 4.69) is 73.2 Å². The molecule has 0 spiro atoms. The normalized spacial score (nSPS) is 17.2. The summed E-state index contributed by atoms with van der Waals surface area (Å²) in [5.41, 5.74) is 4.47. The number of halogens is 5. The topological polar surface area (TPSA) is 253 Å². The van der Waals surface area contributed by atoms with E-state index in [-0.39, 0.29) is 52.9 Å². The maximum atomic E-state index is 13.4. The van der Waals surface area contributed by atoms with Crippen molar-refractivity contribution in [3.8, 4) is 11.5 Å². The summed E-state index contributed by atoms with van der Waals surface area (Å²) in [6.45, 7) is 18.2. The van der Waals surface area contributed by atoms with Gasteiger partial charge in [0.25, 0.3) is 11.8 Å². The molecule has 1 N–H and O–H groups in total. The van der Waals surface area contributed by atoms with E-state index in [0.29, 0.717) is 141 Å². The number of esters is 2. The molecule has 4 bridgehead atoms. The highest BCUT2D eigenvalue weighted by atomic mass is 35.5. The summed E-state index contributed by atoms with van der Waals surface area (Å²) in [4.78, 5) is 94.3. The molecular formula is C74H88BCl5N3O18. The lowest BCUT2D eigenvalue weighted by Gasteiger charge is -2.17. The van der Waals surface area contributed by atoms with Crippen molar-refractivity contribution in [2.75, 3.05) is 113 Å². The third-order valence-electron chi connectivity index (χ3n) is 17.5. The third-order valence-corrected chi connectivity index (χ3v) is 18.5. The summed E-state index contributed by atoms with van der Waals surface area (Å²) in [6.07, 6.45) is 14.0. The molecule has 21 nitrogen and oxygen atoms in total. The molecule has 545 valence electrons. The standard InChI is InChI=1S/C33H36ClNO8.C19H16ClNO4.C14H21ClO4.C6H15N.C2Cl2O2.B/c1-21-28(29-17-27(39-2)9-10-30(29)35(21)33(38)23-5-7-26(34)8-6-23)18-31(36)43-32(37)20-42-14-12-40-11-13-41-19-25-16-22-3-4-24(25)15-22;1-11-15(10-18(22)23)16-9-14(25-2)7-8-17(16)21(11)19(24)12-3-5-13(20)6-4-12;15-14(16)10-19-6-4-17-3-5-18-9-13-8-11-1-2-12(13)7-11;1-4-7(5-2)6-3;3-1(5)2(4)6;/h3-10,17,22,24-25H,11-16,18-20H2,1-2H3;3-9H,10H2,1-2H3,(H,22,23);1-2,11-13H,3-10H2;4-6H2,1-3H3;;. The molecule has 2 heterocycles. The summed E-state index contributed by atoms with van der Waals surface area (Å²) >= 11 is 26.0. The molecule has 6 aromatic rings. The number of carbonyl (C=O) groups excluding carboxylic acids is 7. The predicted octanol–water partition coefficient (Wildman–Crippen LogP) is 12.6. The Kier molecular flexibility index (Phi) is 37.0. The van der Waals surface area contributed by atoms with Crippen LogP contribution in [-0.2, 0) is 74.8 Å². The zero-order chi connectivity index (χ0) is 72.8. The van der Waals surface area contributed by atoms with Crippen molar-refractivity contribution in [3.05, 3.63) is 153 Å². The van der Waals surface area contributed by atoms with Gasteiger partial charge in [-0.25, -0.2) is 4.79 Å². The Balaban J connectivity index is 0.000000267. The van der Waals surface area contributed by atoms with Gasteiger partial charge in [-0.2, -0.15) is 0 Å². The summed E-state index contributed by atoms with van der Waals surface area (Å²) in [6, 6.07) is 23.7. The first-order valence-electron chi connectivity index (χ1n) is 33.0. The molecule has 0 saturated heterocycles. The second kappa shape index (κ2) is 44.0. The summed E-state index contributed by atoms with van der Waals surface area (Å²) in [5.74, 6) is 2.42. The fourth-order valence-electron chi connectivity index (χ4n) is 12.4. The minimum Gasteiger partial charge on any atom is -0.497 e. The van der Waals surface area contributed by atoms with Crippen LogP contribution < -0.4 is 9.47 Å². The molecule has 2 saturated carbocycles. The van der Waals surface area contributed by atoms with E-state index < -0.39 is 33.6 Å². The number of aromatic nitrogens is 2. The number of aliphatic carboxylic acids is 1. The minimum absolute atomic E-state index is 0. The Morgan fingerprint density at radius 3 is 1.22 bits per heavy atom. The number of nitrogens with zero attached hydrogens (tertiary/aromatic N) is 3. The first-order chi connectivity index (χ1) is 48.0. The molecule has 2 fully saturated rings. The lowest BCUT2D eigenvalue weighted by atomic mass is 9.95. The number of allylic oxidation sites excluding steroid dienone is 4. The Morgan fingerprint density at radius 1 is 0.495 bits per heavy atom. The molecule has 4 aromatic carbocycles. The van der Waals surface area contributed by atoms with Crippen LogP contribution in [-0.4, -0.2) is 186 Å². The molecule has 10 rings (SSSR count). The number of benzene rings is 4. The Labute approximate surface area is 616 Å². The summed E-state index contributed by atoms with van der Waals surface area (Å²) in [7, 11) is 3.08. The first-order valence-corrected chi connectivity index (χ1v) is 34.9. The lowest BCUT2D eigenvalue weighted by Crippen LogP contribution is -2.21. The van der Waals surface area contributed by atoms with Gasteiger partial charge in [0.05, 0.1) is 104 Å². The van der Waals surface area contributed by atoms with Gasteiger partial charge in [-0.15, -0.1) is 0 Å². The van der Waals surface area contributed by atoms with Crippen LogP contribution in [0.3, 0.4) is 0 Å². The van der Waals surface area contributed by atoms with Crippen molar-refractivity contribution in [3.63, 3.8) is 0 Å². The van der Waals surface area contributed by atoms with Crippen LogP contribution >= 0.6 is 58.0 Å². The van der Waals surface area contributed by atoms with Gasteiger partial charge in [-0.05, 0) is 226 Å². The average molecular weight is 1500 g/mol. The molecule has 0 aliphatic heterocycles. The zero-order valence-corrected chi connectivity index (χ0v) is 61.7. The number of fused-ring (bicyclic) bond motifs is 6. The fraction of sp³-hybridized carbons (Fsp3) is 0.459. The van der Waals surface area contributed by atoms with Crippen LogP contribution in [0.1, 0.15) is 89.7 Å². The number of hydrogen-bond acceptors (Lipinski definition) is 18. The highest BCUT2D eigenvalue weighted by Gasteiger charge is 2.36. The molecule has 27 heteroatoms. The molecule has 2 aromatic heterocycles. The van der Waals surface area contributed by atoms with E-state index in [4.69, 9.17) is 77.4 Å². The van der Waals surface area contributed by atoms with Crippen molar-refractivity contribution in [1.29, 1.82) is 0 Å². The number of hydrogen-bond donors (Lipinski definition) is 1. The van der Waals surface area contributed by atoms with E-state index in [1.807, 2.05) is 0 Å². The van der Waals surface area contributed by atoms with Crippen molar-refractivity contribution in [2.24, 2.45) is 35.5 Å². The van der Waals surface area contributed by atoms with Gasteiger partial charge < -0.3 is 52.6 Å². The Bertz CT molecular complexity index is 3760. The minimum atomic E-state index is -1.14. The van der Waals surface area contributed by atoms with E-state index in [1.165, 1.54) is 61.6 Å². The van der Waals surface area contributed by atoms with Crippen LogP contribution in [0.15, 0.2) is 109 Å². The van der Waals surface area contributed by atoms with Crippen LogP contribution in [0.25, 0.3) is 21.8 Å². The van der Waals surface area contributed by atoms with Gasteiger partial charge in [-0.1, -0.05) is 68.3 Å². The number of rotatable bonds is 32. The zero-order valence-electron chi connectivity index (χ0n) is 57.9. The molecule has 4 aliphatic carbocycles. The first kappa shape index (κ1) is 84.9. The van der Waals surface area contributed by atoms with E-state index in [0.717, 1.165) is 31.0 Å². The predicted molar refractivity (Wildman–Crippen MR) is 389 cm³/mol. The molecule has 6 unspecified atom stereocenters. The van der Waals surface area contributed by atoms with Crippen molar-refractivity contribution in [1.82, 2.24) is 14.0 Å².